The van der Waals surface area contributed by atoms with Gasteiger partial charge in [-0.05, 0) is 25.1 Å². The second-order valence-electron chi connectivity index (χ2n) is 3.88. The average Bonchev–Trinajstić information content (AvgIpc) is 2.63. The van der Waals surface area contributed by atoms with Gasteiger partial charge in [-0.2, -0.15) is 5.10 Å². The van der Waals surface area contributed by atoms with Crippen molar-refractivity contribution in [3.05, 3.63) is 45.7 Å². The Morgan fingerprint density at radius 3 is 2.61 bits per heavy atom. The lowest BCUT2D eigenvalue weighted by Crippen LogP contribution is -2.12. The summed E-state index contributed by atoms with van der Waals surface area (Å²) in [5.41, 5.74) is 1.80. The second kappa shape index (κ2) is 5.00. The monoisotopic (exact) mass is 283 g/mol. The molecule has 1 amide bonds. The van der Waals surface area contributed by atoms with E-state index in [0.29, 0.717) is 27.0 Å². The van der Waals surface area contributed by atoms with Crippen molar-refractivity contribution in [1.82, 2.24) is 9.78 Å². The molecular weight excluding hydrogens is 273 g/mol. The van der Waals surface area contributed by atoms with Crippen LogP contribution in [0.2, 0.25) is 10.0 Å². The largest absolute Gasteiger partial charge is 0.322 e. The van der Waals surface area contributed by atoms with Gasteiger partial charge in [0.15, 0.2) is 0 Å². The Labute approximate surface area is 115 Å². The lowest BCUT2D eigenvalue weighted by Gasteiger charge is -2.05. The molecule has 0 bridgehead atoms. The third-order valence-corrected chi connectivity index (χ3v) is 3.17. The van der Waals surface area contributed by atoms with Gasteiger partial charge >= 0.3 is 0 Å². The van der Waals surface area contributed by atoms with Gasteiger partial charge in [0.25, 0.3) is 5.91 Å². The fourth-order valence-corrected chi connectivity index (χ4v) is 1.89. The molecule has 1 aromatic carbocycles. The topological polar surface area (TPSA) is 46.9 Å². The molecule has 18 heavy (non-hydrogen) atoms. The Bertz CT molecular complexity index is 607. The van der Waals surface area contributed by atoms with Gasteiger partial charge in [-0.15, -0.1) is 0 Å². The summed E-state index contributed by atoms with van der Waals surface area (Å²) in [6, 6.07) is 4.93. The van der Waals surface area contributed by atoms with E-state index >= 15 is 0 Å². The van der Waals surface area contributed by atoms with E-state index < -0.39 is 0 Å². The number of rotatable bonds is 2. The minimum Gasteiger partial charge on any atom is -0.322 e. The van der Waals surface area contributed by atoms with Crippen LogP contribution in [0.25, 0.3) is 0 Å². The normalized spacial score (nSPS) is 10.4. The lowest BCUT2D eigenvalue weighted by molar-refractivity contribution is 0.102. The van der Waals surface area contributed by atoms with Crippen LogP contribution in [0.15, 0.2) is 24.4 Å². The maximum Gasteiger partial charge on any atom is 0.259 e. The molecule has 0 unspecified atom stereocenters. The van der Waals surface area contributed by atoms with Crippen molar-refractivity contribution >= 4 is 34.8 Å². The zero-order valence-electron chi connectivity index (χ0n) is 9.87. The molecule has 0 aliphatic carbocycles. The summed E-state index contributed by atoms with van der Waals surface area (Å²) < 4.78 is 1.60. The fourth-order valence-electron chi connectivity index (χ4n) is 1.59. The number of benzene rings is 1. The number of halogens is 2. The molecular formula is C12H11Cl2N3O. The summed E-state index contributed by atoms with van der Waals surface area (Å²) in [5.74, 6) is -0.223. The molecule has 0 aliphatic heterocycles. The van der Waals surface area contributed by atoms with Crippen molar-refractivity contribution in [2.24, 2.45) is 7.05 Å². The van der Waals surface area contributed by atoms with Gasteiger partial charge in [0.05, 0.1) is 21.3 Å². The zero-order valence-corrected chi connectivity index (χ0v) is 11.4. The van der Waals surface area contributed by atoms with Gasteiger partial charge in [-0.3, -0.25) is 9.48 Å². The van der Waals surface area contributed by atoms with E-state index in [1.54, 1.807) is 43.0 Å². The van der Waals surface area contributed by atoms with Crippen molar-refractivity contribution < 1.29 is 4.79 Å². The summed E-state index contributed by atoms with van der Waals surface area (Å²) in [7, 11) is 1.77. The number of anilines is 1. The first-order valence-corrected chi connectivity index (χ1v) is 5.99. The fraction of sp³-hybridized carbons (Fsp3) is 0.167. The summed E-state index contributed by atoms with van der Waals surface area (Å²) in [4.78, 5) is 12.0. The van der Waals surface area contributed by atoms with Gasteiger partial charge in [0, 0.05) is 18.9 Å². The SMILES string of the molecule is Cc1nn(C)cc1C(=O)Nc1ccc(Cl)c(Cl)c1. The third kappa shape index (κ3) is 2.66. The van der Waals surface area contributed by atoms with Gasteiger partial charge in [0.1, 0.15) is 0 Å². The molecule has 0 atom stereocenters. The van der Waals surface area contributed by atoms with E-state index in [-0.39, 0.29) is 5.91 Å². The van der Waals surface area contributed by atoms with Crippen molar-refractivity contribution in [1.29, 1.82) is 0 Å². The quantitative estimate of drug-likeness (QED) is 0.919. The Balaban J connectivity index is 2.21. The van der Waals surface area contributed by atoms with Crippen LogP contribution in [0.3, 0.4) is 0 Å². The predicted molar refractivity (Wildman–Crippen MR) is 72.4 cm³/mol. The molecule has 2 aromatic rings. The summed E-state index contributed by atoms with van der Waals surface area (Å²) in [6.45, 7) is 1.78. The van der Waals surface area contributed by atoms with E-state index in [1.807, 2.05) is 0 Å². The Morgan fingerprint density at radius 1 is 1.33 bits per heavy atom. The first-order valence-electron chi connectivity index (χ1n) is 5.24. The van der Waals surface area contributed by atoms with E-state index in [0.717, 1.165) is 0 Å². The Kier molecular flexibility index (Phi) is 3.59. The molecule has 0 aliphatic rings. The smallest absolute Gasteiger partial charge is 0.259 e. The zero-order chi connectivity index (χ0) is 13.3. The highest BCUT2D eigenvalue weighted by molar-refractivity contribution is 6.42. The predicted octanol–water partition coefficient (Wildman–Crippen LogP) is 3.29. The number of carbonyl (C=O) groups is 1. The van der Waals surface area contributed by atoms with Crippen LogP contribution in [-0.2, 0) is 7.05 Å². The number of aromatic nitrogens is 2. The van der Waals surface area contributed by atoms with E-state index in [4.69, 9.17) is 23.2 Å². The maximum atomic E-state index is 12.0. The molecule has 94 valence electrons. The van der Waals surface area contributed by atoms with Crippen LogP contribution >= 0.6 is 23.2 Å². The van der Waals surface area contributed by atoms with Crippen LogP contribution in [0.1, 0.15) is 16.1 Å². The van der Waals surface area contributed by atoms with E-state index in [2.05, 4.69) is 10.4 Å². The van der Waals surface area contributed by atoms with Gasteiger partial charge in [-0.25, -0.2) is 0 Å². The molecule has 0 fully saturated rings. The van der Waals surface area contributed by atoms with Gasteiger partial charge in [0.2, 0.25) is 0 Å². The van der Waals surface area contributed by atoms with Gasteiger partial charge < -0.3 is 5.32 Å². The summed E-state index contributed by atoms with van der Waals surface area (Å²) in [5, 5.41) is 7.71. The first-order chi connectivity index (χ1) is 8.47. The standard InChI is InChI=1S/C12H11Cl2N3O/c1-7-9(6-17(2)16-7)12(18)15-8-3-4-10(13)11(14)5-8/h3-6H,1-2H3,(H,15,18). The molecule has 0 saturated heterocycles. The Hall–Kier alpha value is -1.52. The van der Waals surface area contributed by atoms with Crippen molar-refractivity contribution in [3.63, 3.8) is 0 Å². The third-order valence-electron chi connectivity index (χ3n) is 2.44. The van der Waals surface area contributed by atoms with Crippen LogP contribution in [0.5, 0.6) is 0 Å². The lowest BCUT2D eigenvalue weighted by atomic mass is 10.2. The number of amides is 1. The number of hydrogen-bond donors (Lipinski definition) is 1. The van der Waals surface area contributed by atoms with Crippen LogP contribution < -0.4 is 5.32 Å². The minimum absolute atomic E-state index is 0.223. The van der Waals surface area contributed by atoms with Crippen LogP contribution in [-0.4, -0.2) is 15.7 Å². The summed E-state index contributed by atoms with van der Waals surface area (Å²) in [6.07, 6.45) is 1.67. The Morgan fingerprint density at radius 2 is 2.06 bits per heavy atom. The van der Waals surface area contributed by atoms with E-state index in [9.17, 15) is 4.79 Å². The van der Waals surface area contributed by atoms with E-state index in [1.165, 1.54) is 0 Å². The summed E-state index contributed by atoms with van der Waals surface area (Å²) >= 11 is 11.7. The van der Waals surface area contributed by atoms with Gasteiger partial charge in [-0.1, -0.05) is 23.2 Å². The number of nitrogens with zero attached hydrogens (tertiary/aromatic N) is 2. The number of hydrogen-bond acceptors (Lipinski definition) is 2. The highest BCUT2D eigenvalue weighted by atomic mass is 35.5. The number of carbonyl (C=O) groups excluding carboxylic acids is 1. The average molecular weight is 284 g/mol. The highest BCUT2D eigenvalue weighted by Crippen LogP contribution is 2.25. The molecule has 1 aromatic heterocycles. The number of nitrogens with one attached hydrogen (secondary N) is 1. The first kappa shape index (κ1) is 12.9. The van der Waals surface area contributed by atoms with Crippen LogP contribution in [0.4, 0.5) is 5.69 Å². The molecule has 1 N–H and O–H groups in total. The van der Waals surface area contributed by atoms with Crippen LogP contribution in [0, 0.1) is 6.92 Å². The minimum atomic E-state index is -0.223. The molecule has 0 spiro atoms. The molecule has 0 saturated carbocycles. The van der Waals surface area contributed by atoms with Crippen molar-refractivity contribution in [2.75, 3.05) is 5.32 Å². The highest BCUT2D eigenvalue weighted by Gasteiger charge is 2.13. The molecule has 0 radical (unpaired) electrons. The molecule has 6 heteroatoms. The molecule has 4 nitrogen and oxygen atoms in total. The van der Waals surface area contributed by atoms with Crippen molar-refractivity contribution in [2.45, 2.75) is 6.92 Å². The number of aryl methyl sites for hydroxylation is 2. The molecule has 2 rings (SSSR count). The maximum absolute atomic E-state index is 12.0. The molecule has 1 heterocycles. The second-order valence-corrected chi connectivity index (χ2v) is 4.70. The van der Waals surface area contributed by atoms with Crippen molar-refractivity contribution in [3.8, 4) is 0 Å².